The predicted octanol–water partition coefficient (Wildman–Crippen LogP) is 2.08. The van der Waals surface area contributed by atoms with Crippen LogP contribution in [0.15, 0.2) is 28.8 Å². The second kappa shape index (κ2) is 6.56. The number of amides is 1. The first-order valence-corrected chi connectivity index (χ1v) is 7.38. The molecule has 0 saturated carbocycles. The molecule has 6 heteroatoms. The summed E-state index contributed by atoms with van der Waals surface area (Å²) in [7, 11) is 0. The predicted molar refractivity (Wildman–Crippen MR) is 78.2 cm³/mol. The maximum absolute atomic E-state index is 10.9. The average Bonchev–Trinajstić information content (AvgIpc) is 2.86. The number of nitrogens with zero attached hydrogens (tertiary/aromatic N) is 2. The van der Waals surface area contributed by atoms with Gasteiger partial charge in [0.1, 0.15) is 0 Å². The maximum atomic E-state index is 10.9. The van der Waals surface area contributed by atoms with Crippen molar-refractivity contribution in [3.05, 3.63) is 47.1 Å². The van der Waals surface area contributed by atoms with Gasteiger partial charge in [0.25, 0.3) is 0 Å². The van der Waals surface area contributed by atoms with Crippen LogP contribution in [0.25, 0.3) is 0 Å². The van der Waals surface area contributed by atoms with Crippen LogP contribution in [0.2, 0.25) is 0 Å². The highest BCUT2D eigenvalue weighted by molar-refractivity contribution is 7.99. The molecule has 0 aliphatic heterocycles. The van der Waals surface area contributed by atoms with E-state index in [4.69, 9.17) is 10.3 Å². The Balaban J connectivity index is 1.96. The molecular formula is C14H17N3O2S. The van der Waals surface area contributed by atoms with Crippen molar-refractivity contribution < 1.29 is 9.32 Å². The zero-order chi connectivity index (χ0) is 14.5. The Morgan fingerprint density at radius 1 is 1.45 bits per heavy atom. The molecule has 0 aliphatic carbocycles. The third-order valence-electron chi connectivity index (χ3n) is 2.98. The third kappa shape index (κ3) is 3.84. The number of hydrogen-bond donors (Lipinski definition) is 1. The monoisotopic (exact) mass is 291 g/mol. The highest BCUT2D eigenvalue weighted by Gasteiger charge is 2.13. The first-order valence-electron chi connectivity index (χ1n) is 6.33. The van der Waals surface area contributed by atoms with Crippen LogP contribution in [0.4, 0.5) is 0 Å². The summed E-state index contributed by atoms with van der Waals surface area (Å²) in [6, 6.07) is 8.09. The standard InChI is InChI=1S/C14H17N3O2S/c1-9-5-3-4-6-11(9)7-13-16-12(17-19-13)8-20-10(2)14(15)18/h3-6,10H,7-8H2,1-2H3,(H2,15,18)/t10-/m0/s1. The van der Waals surface area contributed by atoms with Crippen molar-refractivity contribution in [1.29, 1.82) is 0 Å². The zero-order valence-corrected chi connectivity index (χ0v) is 12.3. The van der Waals surface area contributed by atoms with Gasteiger partial charge < -0.3 is 10.3 Å². The molecule has 106 valence electrons. The van der Waals surface area contributed by atoms with Gasteiger partial charge in [-0.15, -0.1) is 11.8 Å². The molecule has 1 atom stereocenters. The molecule has 0 unspecified atom stereocenters. The number of aryl methyl sites for hydroxylation is 1. The number of primary amides is 1. The van der Waals surface area contributed by atoms with Crippen molar-refractivity contribution in [3.8, 4) is 0 Å². The summed E-state index contributed by atoms with van der Waals surface area (Å²) in [6.07, 6.45) is 0.621. The molecule has 1 aromatic carbocycles. The van der Waals surface area contributed by atoms with Crippen LogP contribution in [0.3, 0.4) is 0 Å². The molecule has 0 aliphatic rings. The van der Waals surface area contributed by atoms with E-state index in [0.717, 1.165) is 0 Å². The number of aromatic nitrogens is 2. The van der Waals surface area contributed by atoms with Crippen LogP contribution < -0.4 is 5.73 Å². The quantitative estimate of drug-likeness (QED) is 0.881. The Kier molecular flexibility index (Phi) is 4.79. The molecule has 2 aromatic rings. The van der Waals surface area contributed by atoms with Gasteiger partial charge in [-0.2, -0.15) is 4.98 Å². The van der Waals surface area contributed by atoms with E-state index in [9.17, 15) is 4.79 Å². The number of rotatable bonds is 6. The van der Waals surface area contributed by atoms with E-state index in [2.05, 4.69) is 23.1 Å². The number of hydrogen-bond acceptors (Lipinski definition) is 5. The summed E-state index contributed by atoms with van der Waals surface area (Å²) in [6.45, 7) is 3.82. The average molecular weight is 291 g/mol. The Labute approximate surface area is 121 Å². The largest absolute Gasteiger partial charge is 0.369 e. The van der Waals surface area contributed by atoms with Crippen molar-refractivity contribution in [1.82, 2.24) is 10.1 Å². The normalized spacial score (nSPS) is 12.3. The van der Waals surface area contributed by atoms with Crippen LogP contribution in [-0.4, -0.2) is 21.3 Å². The van der Waals surface area contributed by atoms with Gasteiger partial charge in [-0.05, 0) is 25.0 Å². The number of carbonyl (C=O) groups excluding carboxylic acids is 1. The molecule has 0 saturated heterocycles. The molecule has 5 nitrogen and oxygen atoms in total. The summed E-state index contributed by atoms with van der Waals surface area (Å²) >= 11 is 1.40. The van der Waals surface area contributed by atoms with Crippen LogP contribution in [0.1, 0.15) is 29.8 Å². The summed E-state index contributed by atoms with van der Waals surface area (Å²) in [5, 5.41) is 3.66. The molecule has 1 heterocycles. The van der Waals surface area contributed by atoms with E-state index in [1.54, 1.807) is 6.92 Å². The minimum absolute atomic E-state index is 0.256. The first kappa shape index (κ1) is 14.6. The van der Waals surface area contributed by atoms with Crippen molar-refractivity contribution in [2.45, 2.75) is 31.3 Å². The van der Waals surface area contributed by atoms with Gasteiger partial charge in [-0.1, -0.05) is 29.4 Å². The van der Waals surface area contributed by atoms with E-state index in [1.807, 2.05) is 18.2 Å². The lowest BCUT2D eigenvalue weighted by Crippen LogP contribution is -2.22. The van der Waals surface area contributed by atoms with Gasteiger partial charge in [0.2, 0.25) is 11.8 Å². The molecular weight excluding hydrogens is 274 g/mol. The smallest absolute Gasteiger partial charge is 0.231 e. The highest BCUT2D eigenvalue weighted by atomic mass is 32.2. The van der Waals surface area contributed by atoms with Crippen molar-refractivity contribution >= 4 is 17.7 Å². The molecule has 2 rings (SSSR count). The molecule has 0 bridgehead atoms. The second-order valence-corrected chi connectivity index (χ2v) is 5.89. The summed E-state index contributed by atoms with van der Waals surface area (Å²) < 4.78 is 5.23. The van der Waals surface area contributed by atoms with Gasteiger partial charge in [0.15, 0.2) is 5.82 Å². The Hall–Kier alpha value is -1.82. The minimum atomic E-state index is -0.335. The number of nitrogens with two attached hydrogens (primary N) is 1. The molecule has 0 fully saturated rings. The number of benzene rings is 1. The Bertz CT molecular complexity index is 598. The third-order valence-corrected chi connectivity index (χ3v) is 4.13. The molecule has 1 aromatic heterocycles. The van der Waals surface area contributed by atoms with E-state index >= 15 is 0 Å². The van der Waals surface area contributed by atoms with Gasteiger partial charge >= 0.3 is 0 Å². The van der Waals surface area contributed by atoms with Gasteiger partial charge in [-0.3, -0.25) is 4.79 Å². The van der Waals surface area contributed by atoms with Crippen LogP contribution in [-0.2, 0) is 17.0 Å². The van der Waals surface area contributed by atoms with Gasteiger partial charge in [0, 0.05) is 0 Å². The van der Waals surface area contributed by atoms with Crippen molar-refractivity contribution in [2.75, 3.05) is 0 Å². The van der Waals surface area contributed by atoms with E-state index in [0.29, 0.717) is 23.9 Å². The zero-order valence-electron chi connectivity index (χ0n) is 11.5. The van der Waals surface area contributed by atoms with Gasteiger partial charge in [-0.25, -0.2) is 0 Å². The fraction of sp³-hybridized carbons (Fsp3) is 0.357. The molecule has 20 heavy (non-hydrogen) atoms. The summed E-state index contributed by atoms with van der Waals surface area (Å²) in [5.74, 6) is 1.36. The van der Waals surface area contributed by atoms with Crippen LogP contribution >= 0.6 is 11.8 Å². The lowest BCUT2D eigenvalue weighted by Gasteiger charge is -2.03. The second-order valence-electron chi connectivity index (χ2n) is 4.56. The number of thioether (sulfide) groups is 1. The maximum Gasteiger partial charge on any atom is 0.231 e. The fourth-order valence-corrected chi connectivity index (χ4v) is 2.35. The van der Waals surface area contributed by atoms with Gasteiger partial charge in [0.05, 0.1) is 17.4 Å². The van der Waals surface area contributed by atoms with Crippen molar-refractivity contribution in [3.63, 3.8) is 0 Å². The summed E-state index contributed by atoms with van der Waals surface area (Å²) in [5.41, 5.74) is 7.57. The molecule has 0 radical (unpaired) electrons. The lowest BCUT2D eigenvalue weighted by atomic mass is 10.1. The molecule has 1 amide bonds. The SMILES string of the molecule is Cc1ccccc1Cc1nc(CS[C@@H](C)C(N)=O)no1. The van der Waals surface area contributed by atoms with E-state index in [-0.39, 0.29) is 11.2 Å². The number of carbonyl (C=O) groups is 1. The minimum Gasteiger partial charge on any atom is -0.369 e. The van der Waals surface area contributed by atoms with Crippen molar-refractivity contribution in [2.24, 2.45) is 5.73 Å². The fourth-order valence-electron chi connectivity index (χ4n) is 1.67. The lowest BCUT2D eigenvalue weighted by molar-refractivity contribution is -0.117. The summed E-state index contributed by atoms with van der Waals surface area (Å²) in [4.78, 5) is 15.3. The highest BCUT2D eigenvalue weighted by Crippen LogP contribution is 2.17. The Morgan fingerprint density at radius 2 is 2.20 bits per heavy atom. The topological polar surface area (TPSA) is 82.0 Å². The van der Waals surface area contributed by atoms with Crippen LogP contribution in [0, 0.1) is 6.92 Å². The van der Waals surface area contributed by atoms with E-state index < -0.39 is 0 Å². The van der Waals surface area contributed by atoms with E-state index in [1.165, 1.54) is 22.9 Å². The molecule has 0 spiro atoms. The first-order chi connectivity index (χ1) is 9.56. The Morgan fingerprint density at radius 3 is 2.90 bits per heavy atom. The molecule has 2 N–H and O–H groups in total. The van der Waals surface area contributed by atoms with Crippen LogP contribution in [0.5, 0.6) is 0 Å².